The summed E-state index contributed by atoms with van der Waals surface area (Å²) in [6.07, 6.45) is 10.7. The zero-order valence-electron chi connectivity index (χ0n) is 17.0. The van der Waals surface area contributed by atoms with Gasteiger partial charge in [-0.2, -0.15) is 0 Å². The molecule has 4 heteroatoms. The summed E-state index contributed by atoms with van der Waals surface area (Å²) in [7, 11) is 0. The second-order valence-electron chi connectivity index (χ2n) is 10.0. The molecule has 3 fully saturated rings. The molecule has 1 amide bonds. The number of nitrogens with zero attached hydrogens (tertiary/aromatic N) is 1. The zero-order valence-corrected chi connectivity index (χ0v) is 17.0. The van der Waals surface area contributed by atoms with Gasteiger partial charge in [-0.15, -0.1) is 0 Å². The molecule has 144 valence electrons. The van der Waals surface area contributed by atoms with E-state index in [0.717, 1.165) is 38.6 Å². The number of nitrogens with one attached hydrogen (secondary N) is 1. The van der Waals surface area contributed by atoms with Crippen LogP contribution in [0.4, 0.5) is 0 Å². The molecule has 3 aliphatic rings. The summed E-state index contributed by atoms with van der Waals surface area (Å²) in [6.45, 7) is 11.9. The van der Waals surface area contributed by atoms with Gasteiger partial charge < -0.3 is 15.0 Å². The predicted molar refractivity (Wildman–Crippen MR) is 101 cm³/mol. The van der Waals surface area contributed by atoms with Gasteiger partial charge in [0.25, 0.3) is 5.91 Å². The largest absolute Gasteiger partial charge is 0.339 e. The number of hydrogen-bond donors (Lipinski definition) is 1. The molecule has 0 aromatic rings. The third kappa shape index (κ3) is 3.62. The lowest BCUT2D eigenvalue weighted by Gasteiger charge is -2.50. The highest BCUT2D eigenvalue weighted by atomic mass is 16.6. The van der Waals surface area contributed by atoms with Crippen molar-refractivity contribution in [1.29, 1.82) is 0 Å². The number of hydrogen-bond acceptors (Lipinski definition) is 3. The van der Waals surface area contributed by atoms with Crippen molar-refractivity contribution in [2.75, 3.05) is 6.54 Å². The van der Waals surface area contributed by atoms with E-state index in [9.17, 15) is 4.79 Å². The third-order valence-corrected chi connectivity index (χ3v) is 6.26. The summed E-state index contributed by atoms with van der Waals surface area (Å²) >= 11 is 0. The third-order valence-electron chi connectivity index (χ3n) is 6.26. The number of carbonyl (C=O) groups is 1. The lowest BCUT2D eigenvalue weighted by Crippen LogP contribution is -2.65. The number of unbranched alkanes of at least 4 members (excludes halogenated alkanes) is 3. The van der Waals surface area contributed by atoms with E-state index in [-0.39, 0.29) is 22.7 Å². The van der Waals surface area contributed by atoms with Crippen LogP contribution in [0.25, 0.3) is 0 Å². The first-order valence-electron chi connectivity index (χ1n) is 10.5. The molecule has 1 saturated carbocycles. The van der Waals surface area contributed by atoms with Crippen molar-refractivity contribution < 1.29 is 9.53 Å². The minimum atomic E-state index is -0.632. The van der Waals surface area contributed by atoms with Gasteiger partial charge in [0.15, 0.2) is 5.60 Å². The summed E-state index contributed by atoms with van der Waals surface area (Å²) in [6, 6.07) is 0. The highest BCUT2D eigenvalue weighted by Crippen LogP contribution is 2.52. The number of ether oxygens (including phenoxy) is 1. The van der Waals surface area contributed by atoms with Gasteiger partial charge in [-0.05, 0) is 59.8 Å². The SMILES string of the molecule is CCCCCCN1C(=O)C2(CC(C)(C)NC(C)(C)C2)OC12CCCC2. The molecule has 0 bridgehead atoms. The van der Waals surface area contributed by atoms with Crippen LogP contribution < -0.4 is 5.32 Å². The lowest BCUT2D eigenvalue weighted by molar-refractivity contribution is -0.166. The van der Waals surface area contributed by atoms with Crippen LogP contribution in [0.15, 0.2) is 0 Å². The van der Waals surface area contributed by atoms with Crippen LogP contribution in [-0.2, 0) is 9.53 Å². The van der Waals surface area contributed by atoms with Crippen LogP contribution in [0.2, 0.25) is 0 Å². The van der Waals surface area contributed by atoms with Gasteiger partial charge >= 0.3 is 0 Å². The predicted octanol–water partition coefficient (Wildman–Crippen LogP) is 4.38. The first kappa shape index (κ1) is 19.2. The summed E-state index contributed by atoms with van der Waals surface area (Å²) in [5.74, 6) is 0.272. The smallest absolute Gasteiger partial charge is 0.257 e. The van der Waals surface area contributed by atoms with E-state index in [4.69, 9.17) is 4.74 Å². The summed E-state index contributed by atoms with van der Waals surface area (Å²) in [5, 5.41) is 3.71. The van der Waals surface area contributed by atoms with Gasteiger partial charge in [-0.3, -0.25) is 4.79 Å². The van der Waals surface area contributed by atoms with E-state index in [2.05, 4.69) is 44.8 Å². The van der Waals surface area contributed by atoms with Crippen LogP contribution in [0, 0.1) is 0 Å². The first-order valence-corrected chi connectivity index (χ1v) is 10.5. The standard InChI is InChI=1S/C21H38N2O2/c1-6-7-8-11-14-23-17(24)20(25-21(23)12-9-10-13-21)15-18(2,3)22-19(4,5)16-20/h22H,6-16H2,1-5H3. The van der Waals surface area contributed by atoms with Gasteiger partial charge in [0.05, 0.1) is 0 Å². The van der Waals surface area contributed by atoms with Gasteiger partial charge in [0.2, 0.25) is 0 Å². The number of amides is 1. The van der Waals surface area contributed by atoms with E-state index in [1.807, 2.05) is 0 Å². The molecule has 0 aromatic carbocycles. The van der Waals surface area contributed by atoms with Crippen molar-refractivity contribution in [3.8, 4) is 0 Å². The molecular weight excluding hydrogens is 312 g/mol. The van der Waals surface area contributed by atoms with Crippen molar-refractivity contribution in [3.05, 3.63) is 0 Å². The Morgan fingerprint density at radius 1 is 1.00 bits per heavy atom. The fourth-order valence-corrected chi connectivity index (χ4v) is 5.91. The molecule has 25 heavy (non-hydrogen) atoms. The molecule has 2 saturated heterocycles. The summed E-state index contributed by atoms with van der Waals surface area (Å²) in [4.78, 5) is 15.8. The topological polar surface area (TPSA) is 41.6 Å². The van der Waals surface area contributed by atoms with Gasteiger partial charge in [-0.1, -0.05) is 26.2 Å². The Bertz CT molecular complexity index is 490. The number of rotatable bonds is 5. The molecule has 0 aromatic heterocycles. The van der Waals surface area contributed by atoms with Gasteiger partial charge in [0.1, 0.15) is 5.72 Å². The van der Waals surface area contributed by atoms with Gasteiger partial charge in [-0.25, -0.2) is 0 Å². The highest BCUT2D eigenvalue weighted by molar-refractivity contribution is 5.88. The molecule has 0 radical (unpaired) electrons. The van der Waals surface area contributed by atoms with Crippen LogP contribution in [0.1, 0.15) is 98.8 Å². The van der Waals surface area contributed by atoms with Crippen LogP contribution in [0.3, 0.4) is 0 Å². The molecule has 2 spiro atoms. The Morgan fingerprint density at radius 2 is 1.60 bits per heavy atom. The number of piperidine rings is 1. The van der Waals surface area contributed by atoms with Crippen molar-refractivity contribution in [1.82, 2.24) is 10.2 Å². The second kappa shape index (κ2) is 6.53. The lowest BCUT2D eigenvalue weighted by atomic mass is 9.72. The average molecular weight is 351 g/mol. The molecule has 3 rings (SSSR count). The molecule has 1 N–H and O–H groups in total. The van der Waals surface area contributed by atoms with Crippen LogP contribution in [-0.4, -0.2) is 39.8 Å². The Kier molecular flexibility index (Phi) is 5.00. The second-order valence-corrected chi connectivity index (χ2v) is 10.0. The molecule has 0 atom stereocenters. The fraction of sp³-hybridized carbons (Fsp3) is 0.952. The molecule has 1 aliphatic carbocycles. The maximum atomic E-state index is 13.7. The van der Waals surface area contributed by atoms with E-state index in [0.29, 0.717) is 0 Å². The number of carbonyl (C=O) groups excluding carboxylic acids is 1. The Balaban J connectivity index is 1.85. The summed E-state index contributed by atoms with van der Waals surface area (Å²) in [5.41, 5.74) is -1.12. The fourth-order valence-electron chi connectivity index (χ4n) is 5.91. The average Bonchev–Trinajstić information content (AvgIpc) is 2.99. The molecule has 2 heterocycles. The Morgan fingerprint density at radius 3 is 2.16 bits per heavy atom. The summed E-state index contributed by atoms with van der Waals surface area (Å²) < 4.78 is 6.83. The van der Waals surface area contributed by atoms with E-state index >= 15 is 0 Å². The monoisotopic (exact) mass is 350 g/mol. The van der Waals surface area contributed by atoms with Gasteiger partial charge in [0, 0.05) is 30.5 Å². The minimum absolute atomic E-state index is 0.0879. The van der Waals surface area contributed by atoms with Crippen molar-refractivity contribution in [2.24, 2.45) is 0 Å². The Labute approximate surface area is 154 Å². The van der Waals surface area contributed by atoms with E-state index in [1.54, 1.807) is 0 Å². The molecule has 0 unspecified atom stereocenters. The highest BCUT2D eigenvalue weighted by Gasteiger charge is 2.64. The van der Waals surface area contributed by atoms with Crippen molar-refractivity contribution >= 4 is 5.91 Å². The van der Waals surface area contributed by atoms with Crippen molar-refractivity contribution in [2.45, 2.75) is 121 Å². The van der Waals surface area contributed by atoms with E-state index < -0.39 is 5.60 Å². The minimum Gasteiger partial charge on any atom is -0.339 e. The molecule has 2 aliphatic heterocycles. The zero-order chi connectivity index (χ0) is 18.3. The molecule has 4 nitrogen and oxygen atoms in total. The first-order chi connectivity index (χ1) is 11.6. The quantitative estimate of drug-likeness (QED) is 0.748. The normalized spacial score (nSPS) is 29.0. The van der Waals surface area contributed by atoms with Crippen LogP contribution in [0.5, 0.6) is 0 Å². The van der Waals surface area contributed by atoms with E-state index in [1.165, 1.54) is 32.1 Å². The van der Waals surface area contributed by atoms with Crippen LogP contribution >= 0.6 is 0 Å². The molecular formula is C21H38N2O2. The maximum Gasteiger partial charge on any atom is 0.257 e. The Hall–Kier alpha value is -0.610. The maximum absolute atomic E-state index is 13.7. The van der Waals surface area contributed by atoms with Crippen molar-refractivity contribution in [3.63, 3.8) is 0 Å².